The summed E-state index contributed by atoms with van der Waals surface area (Å²) in [7, 11) is 0. The first-order chi connectivity index (χ1) is 9.48. The van der Waals surface area contributed by atoms with Crippen molar-refractivity contribution in [2.75, 3.05) is 6.61 Å². The van der Waals surface area contributed by atoms with Crippen LogP contribution in [-0.2, 0) is 9.59 Å². The van der Waals surface area contributed by atoms with Crippen molar-refractivity contribution in [1.29, 1.82) is 0 Å². The van der Waals surface area contributed by atoms with E-state index in [-0.39, 0.29) is 12.3 Å². The van der Waals surface area contributed by atoms with Crippen molar-refractivity contribution >= 4 is 11.8 Å². The molecular formula is C12H23NO8. The van der Waals surface area contributed by atoms with Gasteiger partial charge in [-0.25, -0.2) is 4.79 Å². The molecule has 0 aromatic carbocycles. The van der Waals surface area contributed by atoms with E-state index < -0.39 is 48.3 Å². The zero-order chi connectivity index (χ0) is 17.0. The van der Waals surface area contributed by atoms with E-state index in [0.29, 0.717) is 0 Å². The zero-order valence-electron chi connectivity index (χ0n) is 11.9. The molecule has 0 spiro atoms. The Morgan fingerprint density at radius 2 is 1.57 bits per heavy atom. The van der Waals surface area contributed by atoms with Crippen LogP contribution in [0.3, 0.4) is 0 Å². The van der Waals surface area contributed by atoms with E-state index in [0.717, 1.165) is 0 Å². The molecule has 0 amide bonds. The summed E-state index contributed by atoms with van der Waals surface area (Å²) in [6, 6.07) is 0. The molecule has 0 rings (SSSR count). The molecule has 0 radical (unpaired) electrons. The van der Waals surface area contributed by atoms with E-state index in [1.54, 1.807) is 13.8 Å². The van der Waals surface area contributed by atoms with E-state index in [2.05, 4.69) is 0 Å². The fraction of sp³-hybridized carbons (Fsp3) is 0.833. The van der Waals surface area contributed by atoms with Gasteiger partial charge < -0.3 is 36.4 Å². The molecule has 124 valence electrons. The van der Waals surface area contributed by atoms with Gasteiger partial charge >= 0.3 is 5.97 Å². The number of carbonyl (C=O) groups is 2. The van der Waals surface area contributed by atoms with Crippen LogP contribution in [0.4, 0.5) is 0 Å². The van der Waals surface area contributed by atoms with E-state index in [4.69, 9.17) is 21.1 Å². The van der Waals surface area contributed by atoms with Gasteiger partial charge in [0.1, 0.15) is 24.4 Å². The lowest BCUT2D eigenvalue weighted by atomic mass is 9.81. The van der Waals surface area contributed by atoms with Crippen molar-refractivity contribution in [2.24, 2.45) is 11.7 Å². The van der Waals surface area contributed by atoms with Gasteiger partial charge in [-0.3, -0.25) is 4.79 Å². The number of nitrogens with two attached hydrogens (primary N) is 1. The molecule has 0 aromatic heterocycles. The van der Waals surface area contributed by atoms with Gasteiger partial charge in [0.05, 0.1) is 6.61 Å². The van der Waals surface area contributed by atoms with Gasteiger partial charge in [-0.15, -0.1) is 0 Å². The van der Waals surface area contributed by atoms with Crippen molar-refractivity contribution in [3.05, 3.63) is 0 Å². The molecule has 9 heteroatoms. The fourth-order valence-corrected chi connectivity index (χ4v) is 1.88. The highest BCUT2D eigenvalue weighted by molar-refractivity contribution is 6.09. The Balaban J connectivity index is 5.23. The Labute approximate surface area is 121 Å². The monoisotopic (exact) mass is 309 g/mol. The number of ketones is 1. The van der Waals surface area contributed by atoms with Crippen LogP contribution in [0.5, 0.6) is 0 Å². The Morgan fingerprint density at radius 1 is 1.10 bits per heavy atom. The quantitative estimate of drug-likeness (QED) is 0.216. The Kier molecular flexibility index (Phi) is 7.37. The Morgan fingerprint density at radius 3 is 1.90 bits per heavy atom. The molecule has 0 heterocycles. The average molecular weight is 309 g/mol. The highest BCUT2D eigenvalue weighted by Gasteiger charge is 2.48. The predicted molar refractivity (Wildman–Crippen MR) is 70.1 cm³/mol. The average Bonchev–Trinajstić information content (AvgIpc) is 2.41. The summed E-state index contributed by atoms with van der Waals surface area (Å²) in [5.74, 6) is -3.35. The first-order valence-electron chi connectivity index (χ1n) is 6.38. The summed E-state index contributed by atoms with van der Waals surface area (Å²) in [4.78, 5) is 23.2. The fourth-order valence-electron chi connectivity index (χ4n) is 1.88. The minimum atomic E-state index is -2.43. The molecule has 0 bridgehead atoms. The SMILES string of the molecule is CC(C)CC(N)(C(=O)O)C(=O)C(O)C(O)C(O)C(O)CO. The maximum atomic E-state index is 12.0. The Bertz CT molecular complexity index is 374. The summed E-state index contributed by atoms with van der Waals surface area (Å²) in [6.45, 7) is 2.31. The van der Waals surface area contributed by atoms with Crippen LogP contribution >= 0.6 is 0 Å². The van der Waals surface area contributed by atoms with E-state index in [9.17, 15) is 24.9 Å². The second-order valence-electron chi connectivity index (χ2n) is 5.41. The largest absolute Gasteiger partial charge is 0.480 e. The number of rotatable bonds is 9. The highest BCUT2D eigenvalue weighted by atomic mass is 16.4. The molecule has 9 nitrogen and oxygen atoms in total. The minimum absolute atomic E-state index is 0.285. The first-order valence-corrected chi connectivity index (χ1v) is 6.38. The molecule has 0 saturated carbocycles. The Hall–Kier alpha value is -1.10. The zero-order valence-corrected chi connectivity index (χ0v) is 11.9. The van der Waals surface area contributed by atoms with Crippen molar-refractivity contribution < 1.29 is 40.2 Å². The van der Waals surface area contributed by atoms with Crippen molar-refractivity contribution in [1.82, 2.24) is 0 Å². The maximum Gasteiger partial charge on any atom is 0.331 e. The van der Waals surface area contributed by atoms with Crippen LogP contribution in [0.25, 0.3) is 0 Å². The van der Waals surface area contributed by atoms with Gasteiger partial charge in [0.2, 0.25) is 0 Å². The van der Waals surface area contributed by atoms with E-state index in [1.165, 1.54) is 0 Å². The third-order valence-electron chi connectivity index (χ3n) is 3.07. The second-order valence-corrected chi connectivity index (χ2v) is 5.41. The number of Topliss-reactive ketones (excluding diaryl/α,β-unsaturated/α-hetero) is 1. The molecule has 0 fully saturated rings. The van der Waals surface area contributed by atoms with Crippen LogP contribution in [0.1, 0.15) is 20.3 Å². The minimum Gasteiger partial charge on any atom is -0.480 e. The van der Waals surface area contributed by atoms with Crippen LogP contribution in [0.2, 0.25) is 0 Å². The molecule has 0 aliphatic heterocycles. The first kappa shape index (κ1) is 19.9. The van der Waals surface area contributed by atoms with Crippen LogP contribution < -0.4 is 5.73 Å². The van der Waals surface area contributed by atoms with Gasteiger partial charge in [-0.05, 0) is 12.3 Å². The normalized spacial score (nSPS) is 20.4. The lowest BCUT2D eigenvalue weighted by Crippen LogP contribution is -2.62. The number of hydrogen-bond acceptors (Lipinski definition) is 8. The van der Waals surface area contributed by atoms with E-state index in [1.807, 2.05) is 0 Å². The maximum absolute atomic E-state index is 12.0. The third-order valence-corrected chi connectivity index (χ3v) is 3.07. The molecule has 0 saturated heterocycles. The second kappa shape index (κ2) is 7.78. The van der Waals surface area contributed by atoms with Crippen molar-refractivity contribution in [3.8, 4) is 0 Å². The highest BCUT2D eigenvalue weighted by Crippen LogP contribution is 2.20. The summed E-state index contributed by atoms with van der Waals surface area (Å²) in [5.41, 5.74) is 3.09. The lowest BCUT2D eigenvalue weighted by molar-refractivity contribution is -0.161. The van der Waals surface area contributed by atoms with Gasteiger partial charge in [-0.1, -0.05) is 13.8 Å². The van der Waals surface area contributed by atoms with Crippen molar-refractivity contribution in [3.63, 3.8) is 0 Å². The molecule has 0 aromatic rings. The lowest BCUT2D eigenvalue weighted by Gasteiger charge is -2.31. The molecule has 0 aliphatic rings. The van der Waals surface area contributed by atoms with Crippen LogP contribution in [0, 0.1) is 5.92 Å². The number of hydrogen-bond donors (Lipinski definition) is 7. The van der Waals surface area contributed by atoms with Gasteiger partial charge in [0.15, 0.2) is 11.3 Å². The number of carbonyl (C=O) groups excluding carboxylic acids is 1. The molecule has 8 N–H and O–H groups in total. The molecule has 5 atom stereocenters. The number of carboxylic acid groups (broad SMARTS) is 1. The van der Waals surface area contributed by atoms with Crippen molar-refractivity contribution in [2.45, 2.75) is 50.2 Å². The summed E-state index contributed by atoms with van der Waals surface area (Å²) in [5, 5.41) is 55.6. The smallest absolute Gasteiger partial charge is 0.331 e. The molecular weight excluding hydrogens is 286 g/mol. The summed E-state index contributed by atoms with van der Waals surface area (Å²) >= 11 is 0. The number of carboxylic acids is 1. The molecule has 5 unspecified atom stereocenters. The van der Waals surface area contributed by atoms with Crippen LogP contribution in [-0.4, -0.2) is 79.0 Å². The predicted octanol–water partition coefficient (Wildman–Crippen LogP) is -3.18. The van der Waals surface area contributed by atoms with Gasteiger partial charge in [0.25, 0.3) is 0 Å². The van der Waals surface area contributed by atoms with Gasteiger partial charge in [-0.2, -0.15) is 0 Å². The van der Waals surface area contributed by atoms with E-state index >= 15 is 0 Å². The molecule has 21 heavy (non-hydrogen) atoms. The molecule has 0 aliphatic carbocycles. The summed E-state index contributed by atoms with van der Waals surface area (Å²) in [6.07, 6.45) is -8.63. The standard InChI is InChI=1S/C12H23NO8/c1-5(2)3-12(13,11(20)21)10(19)9(18)8(17)7(16)6(15)4-14/h5-9,14-18H,3-4,13H2,1-2H3,(H,20,21). The topological polar surface area (TPSA) is 182 Å². The van der Waals surface area contributed by atoms with Crippen LogP contribution in [0.15, 0.2) is 0 Å². The number of aliphatic hydroxyl groups excluding tert-OH is 5. The van der Waals surface area contributed by atoms with Gasteiger partial charge in [0, 0.05) is 0 Å². The number of aliphatic carboxylic acids is 1. The number of aliphatic hydroxyl groups is 5. The third kappa shape index (κ3) is 4.70. The summed E-state index contributed by atoms with van der Waals surface area (Å²) < 4.78 is 0.